The van der Waals surface area contributed by atoms with Gasteiger partial charge in [0.15, 0.2) is 5.69 Å². The predicted molar refractivity (Wildman–Crippen MR) is 85.3 cm³/mol. The molecule has 1 aromatic carbocycles. The molecule has 2 heterocycles. The standard InChI is InChI=1S/C15H18ClN5O/c1-10-12(16)3-2-4-13(10)18-15(22)14-9-21(20-19-14)11-5-7-17-8-6-11/h2-4,9,11,17H,5-8H2,1H3,(H,18,22). The topological polar surface area (TPSA) is 71.8 Å². The lowest BCUT2D eigenvalue weighted by Crippen LogP contribution is -2.29. The second-order valence-electron chi connectivity index (χ2n) is 5.43. The highest BCUT2D eigenvalue weighted by atomic mass is 35.5. The fraction of sp³-hybridized carbons (Fsp3) is 0.400. The zero-order valence-electron chi connectivity index (χ0n) is 12.3. The summed E-state index contributed by atoms with van der Waals surface area (Å²) in [5, 5.41) is 14.8. The first-order valence-electron chi connectivity index (χ1n) is 7.34. The first kappa shape index (κ1) is 15.0. The van der Waals surface area contributed by atoms with Crippen molar-refractivity contribution in [2.24, 2.45) is 0 Å². The van der Waals surface area contributed by atoms with Gasteiger partial charge in [-0.15, -0.1) is 5.10 Å². The highest BCUT2D eigenvalue weighted by molar-refractivity contribution is 6.31. The van der Waals surface area contributed by atoms with Crippen LogP contribution in [-0.2, 0) is 0 Å². The van der Waals surface area contributed by atoms with Gasteiger partial charge in [0.1, 0.15) is 0 Å². The van der Waals surface area contributed by atoms with Gasteiger partial charge in [-0.05, 0) is 50.6 Å². The maximum Gasteiger partial charge on any atom is 0.277 e. The highest BCUT2D eigenvalue weighted by Gasteiger charge is 2.19. The normalized spacial score (nSPS) is 15.7. The minimum atomic E-state index is -0.273. The van der Waals surface area contributed by atoms with E-state index < -0.39 is 0 Å². The Morgan fingerprint density at radius 1 is 1.41 bits per heavy atom. The van der Waals surface area contributed by atoms with Crippen molar-refractivity contribution in [3.8, 4) is 0 Å². The van der Waals surface area contributed by atoms with Crippen molar-refractivity contribution in [3.63, 3.8) is 0 Å². The summed E-state index contributed by atoms with van der Waals surface area (Å²) in [4.78, 5) is 12.3. The van der Waals surface area contributed by atoms with Crippen LogP contribution in [0, 0.1) is 6.92 Å². The molecule has 22 heavy (non-hydrogen) atoms. The van der Waals surface area contributed by atoms with E-state index in [4.69, 9.17) is 11.6 Å². The van der Waals surface area contributed by atoms with Crippen LogP contribution in [-0.4, -0.2) is 34.0 Å². The minimum absolute atomic E-state index is 0.273. The third kappa shape index (κ3) is 3.13. The van der Waals surface area contributed by atoms with Crippen LogP contribution in [0.4, 0.5) is 5.69 Å². The van der Waals surface area contributed by atoms with Gasteiger partial charge in [-0.25, -0.2) is 4.68 Å². The Bertz CT molecular complexity index is 678. The van der Waals surface area contributed by atoms with E-state index in [0.717, 1.165) is 31.5 Å². The summed E-state index contributed by atoms with van der Waals surface area (Å²) in [5.74, 6) is -0.273. The molecule has 116 valence electrons. The molecule has 7 heteroatoms. The molecule has 0 bridgehead atoms. The van der Waals surface area contributed by atoms with Crippen LogP contribution in [0.1, 0.15) is 34.9 Å². The molecule has 1 amide bonds. The van der Waals surface area contributed by atoms with E-state index >= 15 is 0 Å². The van der Waals surface area contributed by atoms with Crippen LogP contribution in [0.15, 0.2) is 24.4 Å². The Morgan fingerprint density at radius 2 is 2.18 bits per heavy atom. The average molecular weight is 320 g/mol. The summed E-state index contributed by atoms with van der Waals surface area (Å²) in [7, 11) is 0. The first-order valence-corrected chi connectivity index (χ1v) is 7.72. The number of rotatable bonds is 3. The maximum absolute atomic E-state index is 12.3. The first-order chi connectivity index (χ1) is 10.6. The fourth-order valence-electron chi connectivity index (χ4n) is 2.56. The van der Waals surface area contributed by atoms with Gasteiger partial charge in [-0.3, -0.25) is 4.79 Å². The van der Waals surface area contributed by atoms with E-state index in [-0.39, 0.29) is 5.91 Å². The Labute approximate surface area is 133 Å². The minimum Gasteiger partial charge on any atom is -0.320 e. The number of aromatic nitrogens is 3. The van der Waals surface area contributed by atoms with E-state index in [1.54, 1.807) is 23.0 Å². The monoisotopic (exact) mass is 319 g/mol. The van der Waals surface area contributed by atoms with Crippen molar-refractivity contribution >= 4 is 23.2 Å². The number of halogens is 1. The van der Waals surface area contributed by atoms with E-state index in [0.29, 0.717) is 22.4 Å². The predicted octanol–water partition coefficient (Wildman–Crippen LogP) is 2.42. The van der Waals surface area contributed by atoms with Crippen LogP contribution in [0.5, 0.6) is 0 Å². The summed E-state index contributed by atoms with van der Waals surface area (Å²) in [6.07, 6.45) is 3.71. The van der Waals surface area contributed by atoms with Gasteiger partial charge < -0.3 is 10.6 Å². The number of hydrogen-bond acceptors (Lipinski definition) is 4. The van der Waals surface area contributed by atoms with Gasteiger partial charge in [0.05, 0.1) is 12.2 Å². The molecule has 0 spiro atoms. The van der Waals surface area contributed by atoms with Crippen LogP contribution in [0.3, 0.4) is 0 Å². The third-order valence-electron chi connectivity index (χ3n) is 3.94. The Morgan fingerprint density at radius 3 is 2.95 bits per heavy atom. The van der Waals surface area contributed by atoms with Crippen molar-refractivity contribution < 1.29 is 4.79 Å². The molecule has 2 N–H and O–H groups in total. The van der Waals surface area contributed by atoms with Crippen LogP contribution in [0.2, 0.25) is 5.02 Å². The molecular formula is C15H18ClN5O. The second-order valence-corrected chi connectivity index (χ2v) is 5.84. The van der Waals surface area contributed by atoms with E-state index in [9.17, 15) is 4.79 Å². The molecule has 0 aliphatic carbocycles. The molecule has 0 radical (unpaired) electrons. The molecule has 2 aromatic rings. The third-order valence-corrected chi connectivity index (χ3v) is 4.35. The lowest BCUT2D eigenvalue weighted by molar-refractivity contribution is 0.102. The molecule has 1 aliphatic rings. The number of nitrogens with one attached hydrogen (secondary N) is 2. The molecule has 3 rings (SSSR count). The van der Waals surface area contributed by atoms with E-state index in [1.807, 2.05) is 13.0 Å². The molecule has 1 fully saturated rings. The molecular weight excluding hydrogens is 302 g/mol. The summed E-state index contributed by atoms with van der Waals surface area (Å²) >= 11 is 6.06. The summed E-state index contributed by atoms with van der Waals surface area (Å²) < 4.78 is 1.79. The van der Waals surface area contributed by atoms with Crippen LogP contribution < -0.4 is 10.6 Å². The quantitative estimate of drug-likeness (QED) is 0.911. The number of benzene rings is 1. The van der Waals surface area contributed by atoms with Gasteiger partial charge in [-0.2, -0.15) is 0 Å². The van der Waals surface area contributed by atoms with Crippen molar-refractivity contribution in [2.45, 2.75) is 25.8 Å². The van der Waals surface area contributed by atoms with Crippen molar-refractivity contribution in [1.82, 2.24) is 20.3 Å². The van der Waals surface area contributed by atoms with Gasteiger partial charge in [0.2, 0.25) is 0 Å². The van der Waals surface area contributed by atoms with E-state index in [2.05, 4.69) is 20.9 Å². The molecule has 1 saturated heterocycles. The van der Waals surface area contributed by atoms with Crippen molar-refractivity contribution in [2.75, 3.05) is 18.4 Å². The molecule has 0 atom stereocenters. The van der Waals surface area contributed by atoms with Gasteiger partial charge >= 0.3 is 0 Å². The lowest BCUT2D eigenvalue weighted by Gasteiger charge is -2.22. The fourth-order valence-corrected chi connectivity index (χ4v) is 2.73. The number of nitrogens with zero attached hydrogens (tertiary/aromatic N) is 3. The number of amides is 1. The number of hydrogen-bond donors (Lipinski definition) is 2. The van der Waals surface area contributed by atoms with Crippen LogP contribution >= 0.6 is 11.6 Å². The maximum atomic E-state index is 12.3. The summed E-state index contributed by atoms with van der Waals surface area (Å²) in [6.45, 7) is 3.80. The average Bonchev–Trinajstić information content (AvgIpc) is 3.03. The summed E-state index contributed by atoms with van der Waals surface area (Å²) in [6, 6.07) is 5.72. The number of anilines is 1. The van der Waals surface area contributed by atoms with E-state index in [1.165, 1.54) is 0 Å². The largest absolute Gasteiger partial charge is 0.320 e. The zero-order chi connectivity index (χ0) is 15.5. The second kappa shape index (κ2) is 6.46. The number of carbonyl (C=O) groups is 1. The smallest absolute Gasteiger partial charge is 0.277 e. The van der Waals surface area contributed by atoms with Crippen molar-refractivity contribution in [1.29, 1.82) is 0 Å². The number of piperidine rings is 1. The lowest BCUT2D eigenvalue weighted by atomic mass is 10.1. The Hall–Kier alpha value is -1.92. The van der Waals surface area contributed by atoms with Gasteiger partial charge in [-0.1, -0.05) is 22.9 Å². The molecule has 1 aliphatic heterocycles. The molecule has 1 aromatic heterocycles. The molecule has 6 nitrogen and oxygen atoms in total. The SMILES string of the molecule is Cc1c(Cl)cccc1NC(=O)c1cn(C2CCNCC2)nn1. The Balaban J connectivity index is 1.72. The van der Waals surface area contributed by atoms with Crippen molar-refractivity contribution in [3.05, 3.63) is 40.7 Å². The Kier molecular flexibility index (Phi) is 4.40. The highest BCUT2D eigenvalue weighted by Crippen LogP contribution is 2.23. The molecule has 0 saturated carbocycles. The van der Waals surface area contributed by atoms with Gasteiger partial charge in [0, 0.05) is 10.7 Å². The van der Waals surface area contributed by atoms with Crippen LogP contribution in [0.25, 0.3) is 0 Å². The zero-order valence-corrected chi connectivity index (χ0v) is 13.1. The summed E-state index contributed by atoms with van der Waals surface area (Å²) in [5.41, 5.74) is 1.84. The number of carbonyl (C=O) groups excluding carboxylic acids is 1. The van der Waals surface area contributed by atoms with Gasteiger partial charge in [0.25, 0.3) is 5.91 Å². The molecule has 0 unspecified atom stereocenters.